The minimum Gasteiger partial charge on any atom is -0.345 e. The van der Waals surface area contributed by atoms with Gasteiger partial charge in [-0.05, 0) is 74.2 Å². The van der Waals surface area contributed by atoms with Crippen molar-refractivity contribution in [1.82, 2.24) is 14.7 Å². The molecular weight excluding hydrogens is 410 g/mol. The van der Waals surface area contributed by atoms with E-state index >= 15 is 0 Å². The molecule has 2 aromatic carbocycles. The number of carbonyl (C=O) groups excluding carboxylic acids is 2. The van der Waals surface area contributed by atoms with Gasteiger partial charge in [-0.2, -0.15) is 0 Å². The van der Waals surface area contributed by atoms with E-state index in [0.29, 0.717) is 11.6 Å². The number of likely N-dealkylation sites (tertiary alicyclic amines) is 2. The van der Waals surface area contributed by atoms with Gasteiger partial charge < -0.3 is 14.7 Å². The first kappa shape index (κ1) is 23.3. The summed E-state index contributed by atoms with van der Waals surface area (Å²) >= 11 is 0. The molecule has 2 aromatic rings. The molecule has 0 spiro atoms. The van der Waals surface area contributed by atoms with Gasteiger partial charge in [0.2, 0.25) is 0 Å². The fourth-order valence-corrected chi connectivity index (χ4v) is 4.59. The number of amides is 2. The number of rotatable bonds is 5. The van der Waals surface area contributed by atoms with Gasteiger partial charge in [0.05, 0.1) is 0 Å². The summed E-state index contributed by atoms with van der Waals surface area (Å²) in [5.74, 6) is 0.145. The number of benzene rings is 2. The topological polar surface area (TPSA) is 43.9 Å². The lowest BCUT2D eigenvalue weighted by molar-refractivity contribution is 0.0708. The summed E-state index contributed by atoms with van der Waals surface area (Å²) < 4.78 is 0. The predicted molar refractivity (Wildman–Crippen MR) is 127 cm³/mol. The molecule has 1 atom stereocenters. The van der Waals surface area contributed by atoms with E-state index in [-0.39, 0.29) is 24.2 Å². The molecule has 2 aliphatic rings. The third-order valence-corrected chi connectivity index (χ3v) is 6.31. The van der Waals surface area contributed by atoms with Crippen molar-refractivity contribution < 1.29 is 9.59 Å². The van der Waals surface area contributed by atoms with Crippen LogP contribution >= 0.6 is 12.4 Å². The van der Waals surface area contributed by atoms with Crippen molar-refractivity contribution in [3.8, 4) is 11.1 Å². The highest BCUT2D eigenvalue weighted by Crippen LogP contribution is 2.25. The van der Waals surface area contributed by atoms with Crippen molar-refractivity contribution in [3.63, 3.8) is 0 Å². The number of halogens is 1. The highest BCUT2D eigenvalue weighted by molar-refractivity contribution is 5.96. The van der Waals surface area contributed by atoms with Crippen LogP contribution < -0.4 is 0 Å². The summed E-state index contributed by atoms with van der Waals surface area (Å²) in [4.78, 5) is 31.3. The molecule has 2 saturated heterocycles. The van der Waals surface area contributed by atoms with Gasteiger partial charge in [-0.1, -0.05) is 24.3 Å². The maximum absolute atomic E-state index is 13.1. The molecule has 0 aliphatic carbocycles. The lowest BCUT2D eigenvalue weighted by Gasteiger charge is -2.28. The Morgan fingerprint density at radius 2 is 1.39 bits per heavy atom. The molecule has 5 nitrogen and oxygen atoms in total. The van der Waals surface area contributed by atoms with Gasteiger partial charge in [0, 0.05) is 44.4 Å². The smallest absolute Gasteiger partial charge is 0.254 e. The molecule has 4 rings (SSSR count). The molecule has 0 radical (unpaired) electrons. The molecule has 2 fully saturated rings. The highest BCUT2D eigenvalue weighted by Gasteiger charge is 2.31. The van der Waals surface area contributed by atoms with Crippen molar-refractivity contribution in [2.24, 2.45) is 0 Å². The van der Waals surface area contributed by atoms with Crippen LogP contribution in [-0.2, 0) is 0 Å². The van der Waals surface area contributed by atoms with Crippen LogP contribution in [0.25, 0.3) is 11.1 Å². The highest BCUT2D eigenvalue weighted by atomic mass is 35.5. The quantitative estimate of drug-likeness (QED) is 0.699. The summed E-state index contributed by atoms with van der Waals surface area (Å²) in [5, 5.41) is 0. The summed E-state index contributed by atoms with van der Waals surface area (Å²) in [5.41, 5.74) is 3.52. The molecule has 2 heterocycles. The summed E-state index contributed by atoms with van der Waals surface area (Å²) in [6.45, 7) is 4.22. The Morgan fingerprint density at radius 1 is 0.839 bits per heavy atom. The zero-order valence-corrected chi connectivity index (χ0v) is 19.2. The largest absolute Gasteiger partial charge is 0.345 e. The van der Waals surface area contributed by atoms with Crippen LogP contribution in [0.3, 0.4) is 0 Å². The molecular formula is C25H32ClN3O2. The van der Waals surface area contributed by atoms with E-state index in [1.807, 2.05) is 48.5 Å². The Labute approximate surface area is 191 Å². The minimum atomic E-state index is -0.00316. The van der Waals surface area contributed by atoms with Crippen LogP contribution in [0.2, 0.25) is 0 Å². The maximum atomic E-state index is 13.1. The van der Waals surface area contributed by atoms with Gasteiger partial charge in [-0.3, -0.25) is 9.59 Å². The van der Waals surface area contributed by atoms with E-state index in [1.165, 1.54) is 25.9 Å². The fourth-order valence-electron chi connectivity index (χ4n) is 4.59. The summed E-state index contributed by atoms with van der Waals surface area (Å²) in [6, 6.07) is 15.8. The zero-order valence-electron chi connectivity index (χ0n) is 18.4. The fraction of sp³-hybridized carbons (Fsp3) is 0.440. The molecule has 0 bridgehead atoms. The van der Waals surface area contributed by atoms with Crippen molar-refractivity contribution in [2.75, 3.05) is 40.3 Å². The molecule has 2 aliphatic heterocycles. The van der Waals surface area contributed by atoms with E-state index in [0.717, 1.165) is 42.6 Å². The zero-order chi connectivity index (χ0) is 21.1. The van der Waals surface area contributed by atoms with Crippen molar-refractivity contribution in [3.05, 3.63) is 59.7 Å². The normalized spacial score (nSPS) is 18.6. The third kappa shape index (κ3) is 5.28. The van der Waals surface area contributed by atoms with Gasteiger partial charge in [0.1, 0.15) is 0 Å². The second-order valence-corrected chi connectivity index (χ2v) is 8.66. The average molecular weight is 442 g/mol. The van der Waals surface area contributed by atoms with Gasteiger partial charge >= 0.3 is 0 Å². The maximum Gasteiger partial charge on any atom is 0.254 e. The van der Waals surface area contributed by atoms with Crippen LogP contribution in [0.5, 0.6) is 0 Å². The van der Waals surface area contributed by atoms with Crippen molar-refractivity contribution in [2.45, 2.75) is 31.7 Å². The summed E-state index contributed by atoms with van der Waals surface area (Å²) in [7, 11) is 3.50. The molecule has 166 valence electrons. The Bertz CT molecular complexity index is 890. The van der Waals surface area contributed by atoms with E-state index in [9.17, 15) is 9.59 Å². The van der Waals surface area contributed by atoms with E-state index in [1.54, 1.807) is 19.0 Å². The van der Waals surface area contributed by atoms with Crippen LogP contribution in [0.4, 0.5) is 0 Å². The first-order valence-corrected chi connectivity index (χ1v) is 11.0. The molecule has 6 heteroatoms. The van der Waals surface area contributed by atoms with Gasteiger partial charge in [0.25, 0.3) is 11.8 Å². The average Bonchev–Trinajstić information content (AvgIpc) is 3.45. The van der Waals surface area contributed by atoms with Crippen LogP contribution in [0, 0.1) is 0 Å². The number of nitrogens with zero attached hydrogens (tertiary/aromatic N) is 3. The number of carbonyl (C=O) groups is 2. The van der Waals surface area contributed by atoms with Gasteiger partial charge in [0.15, 0.2) is 0 Å². The number of hydrogen-bond donors (Lipinski definition) is 0. The Hall–Kier alpha value is -2.37. The molecule has 2 amide bonds. The second-order valence-electron chi connectivity index (χ2n) is 8.66. The molecule has 0 unspecified atom stereocenters. The molecule has 0 saturated carbocycles. The minimum absolute atomic E-state index is 0. The van der Waals surface area contributed by atoms with E-state index < -0.39 is 0 Å². The summed E-state index contributed by atoms with van der Waals surface area (Å²) in [6.07, 6.45) is 4.78. The monoisotopic (exact) mass is 441 g/mol. The first-order valence-electron chi connectivity index (χ1n) is 11.0. The molecule has 0 aromatic heterocycles. The second kappa shape index (κ2) is 10.3. The van der Waals surface area contributed by atoms with Crippen LogP contribution in [0.15, 0.2) is 48.5 Å². The standard InChI is InChI=1S/C25H31N3O2.ClH/c1-26(2)24(29)21-11-7-19(8-12-21)20-9-13-22(14-10-20)25(30)28-17-5-6-23(28)18-27-15-3-4-16-27;/h7-14,23H,3-6,15-18H2,1-2H3;1H/t23-;/m0./s1. The lowest BCUT2D eigenvalue weighted by Crippen LogP contribution is -2.42. The molecule has 31 heavy (non-hydrogen) atoms. The third-order valence-electron chi connectivity index (χ3n) is 6.31. The molecule has 0 N–H and O–H groups in total. The van der Waals surface area contributed by atoms with Crippen molar-refractivity contribution >= 4 is 24.2 Å². The van der Waals surface area contributed by atoms with Crippen molar-refractivity contribution in [1.29, 1.82) is 0 Å². The van der Waals surface area contributed by atoms with Crippen LogP contribution in [0.1, 0.15) is 46.4 Å². The predicted octanol–water partition coefficient (Wildman–Crippen LogP) is 4.18. The van der Waals surface area contributed by atoms with Gasteiger partial charge in [-0.25, -0.2) is 0 Å². The Balaban J connectivity index is 0.00000272. The lowest BCUT2D eigenvalue weighted by atomic mass is 10.0. The Morgan fingerprint density at radius 3 is 1.94 bits per heavy atom. The van der Waals surface area contributed by atoms with Crippen LogP contribution in [-0.4, -0.2) is 72.8 Å². The first-order chi connectivity index (χ1) is 14.5. The Kier molecular flexibility index (Phi) is 7.74. The van der Waals surface area contributed by atoms with E-state index in [2.05, 4.69) is 9.80 Å². The number of hydrogen-bond acceptors (Lipinski definition) is 3. The van der Waals surface area contributed by atoms with Gasteiger partial charge in [-0.15, -0.1) is 12.4 Å². The SMILES string of the molecule is CN(C)C(=O)c1ccc(-c2ccc(C(=O)N3CCC[C@H]3CN3CCCC3)cc2)cc1.Cl. The van der Waals surface area contributed by atoms with E-state index in [4.69, 9.17) is 0 Å².